The summed E-state index contributed by atoms with van der Waals surface area (Å²) < 4.78 is 43.0. The van der Waals surface area contributed by atoms with E-state index in [2.05, 4.69) is 10.3 Å². The lowest BCUT2D eigenvalue weighted by atomic mass is 9.86. The zero-order chi connectivity index (χ0) is 22.1. The zero-order valence-corrected chi connectivity index (χ0v) is 15.9. The Morgan fingerprint density at radius 3 is 2.50 bits per heavy atom. The second-order valence-corrected chi connectivity index (χ2v) is 7.26. The number of benzene rings is 1. The molecule has 1 saturated heterocycles. The largest absolute Gasteiger partial charge is 0.366 e. The lowest BCUT2D eigenvalue weighted by Gasteiger charge is -2.43. The summed E-state index contributed by atoms with van der Waals surface area (Å²) >= 11 is 0. The molecule has 3 amide bonds. The van der Waals surface area contributed by atoms with E-state index < -0.39 is 47.8 Å². The average molecular weight is 420 g/mol. The fourth-order valence-corrected chi connectivity index (χ4v) is 3.54. The summed E-state index contributed by atoms with van der Waals surface area (Å²) in [7, 11) is 0. The van der Waals surface area contributed by atoms with Gasteiger partial charge in [-0.25, -0.2) is 13.2 Å². The number of carbonyl (C=O) groups excluding carboxylic acids is 3. The second kappa shape index (κ2) is 8.13. The molecule has 2 aromatic rings. The number of amides is 3. The van der Waals surface area contributed by atoms with E-state index >= 15 is 0 Å². The van der Waals surface area contributed by atoms with Crippen LogP contribution in [0.2, 0.25) is 0 Å². The summed E-state index contributed by atoms with van der Waals surface area (Å²) in [6.07, 6.45) is 1.88. The van der Waals surface area contributed by atoms with Gasteiger partial charge in [-0.1, -0.05) is 19.1 Å². The minimum absolute atomic E-state index is 0.00238. The van der Waals surface area contributed by atoms with E-state index in [9.17, 15) is 27.6 Å². The number of nitrogens with zero attached hydrogens (tertiary/aromatic N) is 2. The molecule has 0 unspecified atom stereocenters. The highest BCUT2D eigenvalue weighted by atomic mass is 19.3. The molecule has 30 heavy (non-hydrogen) atoms. The number of likely N-dealkylation sites (tertiary alicyclic amines) is 1. The van der Waals surface area contributed by atoms with Crippen molar-refractivity contribution in [2.24, 2.45) is 11.7 Å². The molecule has 7 nitrogen and oxygen atoms in total. The maximum Gasteiger partial charge on any atom is 0.313 e. The van der Waals surface area contributed by atoms with Gasteiger partial charge in [-0.05, 0) is 29.7 Å². The number of pyridine rings is 1. The molecule has 1 aliphatic heterocycles. The third kappa shape index (κ3) is 4.42. The van der Waals surface area contributed by atoms with Crippen LogP contribution in [0, 0.1) is 11.7 Å². The maximum atomic E-state index is 14.9. The number of rotatable bonds is 3. The molecule has 1 aliphatic rings. The van der Waals surface area contributed by atoms with Gasteiger partial charge in [-0.15, -0.1) is 0 Å². The number of carbonyl (C=O) groups is 3. The number of hydrogen-bond acceptors (Lipinski definition) is 4. The molecule has 0 spiro atoms. The standard InChI is InChI=1S/C20H19F3N4O3/c1-11-7-20(22,23)16(12-2-4-14(21)5-3-12)27(10-11)19(30)18(29)26-15-6-13(17(24)28)8-25-9-15/h2-6,8-9,11,16H,7,10H2,1H3,(H2,24,28)(H,26,29)/t11-,16-/m0/s1. The molecule has 1 fully saturated rings. The van der Waals surface area contributed by atoms with Crippen LogP contribution in [0.25, 0.3) is 0 Å². The number of aromatic nitrogens is 1. The molecule has 2 heterocycles. The molecule has 158 valence electrons. The molecule has 10 heteroatoms. The van der Waals surface area contributed by atoms with Crippen LogP contribution in [0.5, 0.6) is 0 Å². The Morgan fingerprint density at radius 2 is 1.87 bits per heavy atom. The first-order valence-electron chi connectivity index (χ1n) is 9.08. The van der Waals surface area contributed by atoms with Gasteiger partial charge in [0, 0.05) is 19.2 Å². The van der Waals surface area contributed by atoms with Gasteiger partial charge in [0.05, 0.1) is 17.4 Å². The number of primary amides is 1. The van der Waals surface area contributed by atoms with Gasteiger partial charge in [0.15, 0.2) is 0 Å². The van der Waals surface area contributed by atoms with Gasteiger partial charge in [-0.3, -0.25) is 19.4 Å². The van der Waals surface area contributed by atoms with Gasteiger partial charge >= 0.3 is 11.8 Å². The van der Waals surface area contributed by atoms with Gasteiger partial charge in [0.1, 0.15) is 11.9 Å². The van der Waals surface area contributed by atoms with Crippen LogP contribution in [-0.4, -0.2) is 40.1 Å². The van der Waals surface area contributed by atoms with Gasteiger partial charge < -0.3 is 16.0 Å². The summed E-state index contributed by atoms with van der Waals surface area (Å²) in [6.45, 7) is 1.47. The molecule has 0 bridgehead atoms. The molecule has 0 saturated carbocycles. The number of hydrogen-bond donors (Lipinski definition) is 2. The first-order valence-corrected chi connectivity index (χ1v) is 9.08. The van der Waals surface area contributed by atoms with Crippen molar-refractivity contribution >= 4 is 23.4 Å². The van der Waals surface area contributed by atoms with Crippen molar-refractivity contribution in [2.75, 3.05) is 11.9 Å². The summed E-state index contributed by atoms with van der Waals surface area (Å²) in [5, 5.41) is 2.25. The van der Waals surface area contributed by atoms with Gasteiger partial charge in [0.2, 0.25) is 5.91 Å². The number of nitrogens with one attached hydrogen (secondary N) is 1. The molecule has 1 aromatic carbocycles. The van der Waals surface area contributed by atoms with Crippen molar-refractivity contribution in [1.82, 2.24) is 9.88 Å². The quantitative estimate of drug-likeness (QED) is 0.745. The average Bonchev–Trinajstić information content (AvgIpc) is 2.67. The SMILES string of the molecule is C[C@@H]1CN(C(=O)C(=O)Nc2cncc(C(N)=O)c2)[C@@H](c2ccc(F)cc2)C(F)(F)C1. The Bertz CT molecular complexity index is 982. The topological polar surface area (TPSA) is 105 Å². The van der Waals surface area contributed by atoms with Crippen LogP contribution in [-0.2, 0) is 9.59 Å². The van der Waals surface area contributed by atoms with Crippen LogP contribution >= 0.6 is 0 Å². The summed E-state index contributed by atoms with van der Waals surface area (Å²) in [5.41, 5.74) is 5.19. The highest BCUT2D eigenvalue weighted by Gasteiger charge is 2.51. The Kier molecular flexibility index (Phi) is 5.77. The van der Waals surface area contributed by atoms with E-state index in [1.807, 2.05) is 0 Å². The van der Waals surface area contributed by atoms with Crippen LogP contribution < -0.4 is 11.1 Å². The number of piperidine rings is 1. The molecule has 0 radical (unpaired) electrons. The first-order chi connectivity index (χ1) is 14.1. The maximum absolute atomic E-state index is 14.9. The van der Waals surface area contributed by atoms with E-state index in [-0.39, 0.29) is 23.4 Å². The molecule has 0 aliphatic carbocycles. The predicted molar refractivity (Wildman–Crippen MR) is 101 cm³/mol. The summed E-state index contributed by atoms with van der Waals surface area (Å²) in [6, 6.07) is 3.87. The monoisotopic (exact) mass is 420 g/mol. The summed E-state index contributed by atoms with van der Waals surface area (Å²) in [5.74, 6) is -7.63. The van der Waals surface area contributed by atoms with Gasteiger partial charge in [0.25, 0.3) is 5.92 Å². The predicted octanol–water partition coefficient (Wildman–Crippen LogP) is 2.50. The highest BCUT2D eigenvalue weighted by Crippen LogP contribution is 2.45. The van der Waals surface area contributed by atoms with E-state index in [1.54, 1.807) is 6.92 Å². The minimum Gasteiger partial charge on any atom is -0.366 e. The van der Waals surface area contributed by atoms with Crippen molar-refractivity contribution < 1.29 is 27.6 Å². The fraction of sp³-hybridized carbons (Fsp3) is 0.300. The third-order valence-corrected chi connectivity index (χ3v) is 4.76. The van der Waals surface area contributed by atoms with Crippen LogP contribution in [0.1, 0.15) is 35.3 Å². The number of anilines is 1. The van der Waals surface area contributed by atoms with E-state index in [0.717, 1.165) is 17.0 Å². The number of nitrogens with two attached hydrogens (primary N) is 1. The van der Waals surface area contributed by atoms with Crippen molar-refractivity contribution in [3.05, 3.63) is 59.7 Å². The molecule has 2 atom stereocenters. The van der Waals surface area contributed by atoms with E-state index in [4.69, 9.17) is 5.73 Å². The van der Waals surface area contributed by atoms with Crippen molar-refractivity contribution in [3.8, 4) is 0 Å². The normalized spacial score (nSPS) is 20.5. The lowest BCUT2D eigenvalue weighted by molar-refractivity contribution is -0.165. The summed E-state index contributed by atoms with van der Waals surface area (Å²) in [4.78, 5) is 41.1. The van der Waals surface area contributed by atoms with E-state index in [0.29, 0.717) is 0 Å². The third-order valence-electron chi connectivity index (χ3n) is 4.76. The number of alkyl halides is 2. The lowest BCUT2D eigenvalue weighted by Crippen LogP contribution is -2.54. The second-order valence-electron chi connectivity index (χ2n) is 7.26. The highest BCUT2D eigenvalue weighted by molar-refractivity contribution is 6.39. The van der Waals surface area contributed by atoms with Gasteiger partial charge in [-0.2, -0.15) is 0 Å². The molecule has 3 rings (SSSR count). The van der Waals surface area contributed by atoms with Crippen molar-refractivity contribution in [1.29, 1.82) is 0 Å². The van der Waals surface area contributed by atoms with Crippen LogP contribution in [0.15, 0.2) is 42.7 Å². The number of halogens is 3. The Balaban J connectivity index is 1.88. The molecular weight excluding hydrogens is 401 g/mol. The zero-order valence-electron chi connectivity index (χ0n) is 15.9. The molecule has 3 N–H and O–H groups in total. The van der Waals surface area contributed by atoms with Crippen LogP contribution in [0.3, 0.4) is 0 Å². The fourth-order valence-electron chi connectivity index (χ4n) is 3.54. The Morgan fingerprint density at radius 1 is 1.20 bits per heavy atom. The Labute approximate surface area is 170 Å². The molecule has 1 aromatic heterocycles. The van der Waals surface area contributed by atoms with Crippen LogP contribution in [0.4, 0.5) is 18.9 Å². The first kappa shape index (κ1) is 21.3. The minimum atomic E-state index is -3.32. The van der Waals surface area contributed by atoms with Crippen molar-refractivity contribution in [2.45, 2.75) is 25.3 Å². The van der Waals surface area contributed by atoms with E-state index in [1.165, 1.54) is 30.6 Å². The molecular formula is C20H19F3N4O3. The smallest absolute Gasteiger partial charge is 0.313 e. The Hall–Kier alpha value is -3.43. The van der Waals surface area contributed by atoms with Crippen molar-refractivity contribution in [3.63, 3.8) is 0 Å².